The van der Waals surface area contributed by atoms with Crippen molar-refractivity contribution in [2.24, 2.45) is 5.92 Å². The highest BCUT2D eigenvalue weighted by atomic mass is 32.2. The smallest absolute Gasteiger partial charge is 0.230 e. The zero-order valence-electron chi connectivity index (χ0n) is 14.8. The van der Waals surface area contributed by atoms with Crippen LogP contribution in [0.15, 0.2) is 29.4 Å². The number of aromatic nitrogens is 3. The third kappa shape index (κ3) is 4.75. The first-order valence-corrected chi connectivity index (χ1v) is 9.53. The summed E-state index contributed by atoms with van der Waals surface area (Å²) in [4.78, 5) is 16.8. The molecular weight excluding hydrogens is 336 g/mol. The fourth-order valence-corrected chi connectivity index (χ4v) is 3.27. The fourth-order valence-electron chi connectivity index (χ4n) is 2.65. The molecule has 1 atom stereocenters. The van der Waals surface area contributed by atoms with E-state index in [2.05, 4.69) is 34.3 Å². The molecule has 2 aromatic rings. The van der Waals surface area contributed by atoms with Gasteiger partial charge in [0.15, 0.2) is 0 Å². The van der Waals surface area contributed by atoms with E-state index in [4.69, 9.17) is 4.74 Å². The molecule has 0 bridgehead atoms. The lowest BCUT2D eigenvalue weighted by Crippen LogP contribution is -2.33. The molecule has 1 aromatic heterocycles. The van der Waals surface area contributed by atoms with E-state index in [-0.39, 0.29) is 17.9 Å². The number of carbonyl (C=O) groups is 1. The maximum atomic E-state index is 12.4. The van der Waals surface area contributed by atoms with Crippen molar-refractivity contribution in [3.8, 4) is 5.75 Å². The van der Waals surface area contributed by atoms with Crippen molar-refractivity contribution in [1.29, 1.82) is 0 Å². The molecule has 1 aromatic carbocycles. The minimum Gasteiger partial charge on any atom is -0.497 e. The first-order valence-electron chi connectivity index (χ1n) is 8.55. The highest BCUT2D eigenvalue weighted by molar-refractivity contribution is 7.99. The molecule has 1 aliphatic carbocycles. The van der Waals surface area contributed by atoms with Crippen LogP contribution in [-0.4, -0.2) is 34.0 Å². The molecule has 1 amide bonds. The van der Waals surface area contributed by atoms with Gasteiger partial charge in [-0.3, -0.25) is 9.89 Å². The Morgan fingerprint density at radius 3 is 2.68 bits per heavy atom. The number of benzene rings is 1. The predicted molar refractivity (Wildman–Crippen MR) is 97.8 cm³/mol. The lowest BCUT2D eigenvalue weighted by Gasteiger charge is -2.23. The Kier molecular flexibility index (Phi) is 5.63. The molecule has 6 nitrogen and oxygen atoms in total. The first-order chi connectivity index (χ1) is 12.1. The second-order valence-corrected chi connectivity index (χ2v) is 7.57. The van der Waals surface area contributed by atoms with Gasteiger partial charge in [-0.1, -0.05) is 37.7 Å². The lowest BCUT2D eigenvalue weighted by molar-refractivity contribution is -0.119. The van der Waals surface area contributed by atoms with Crippen LogP contribution in [0.1, 0.15) is 50.0 Å². The number of carbonyl (C=O) groups excluding carboxylic acids is 1. The quantitative estimate of drug-likeness (QED) is 0.706. The van der Waals surface area contributed by atoms with Crippen LogP contribution in [0.3, 0.4) is 0 Å². The molecule has 0 radical (unpaired) electrons. The molecule has 134 valence electrons. The van der Waals surface area contributed by atoms with Gasteiger partial charge < -0.3 is 10.1 Å². The SMILES string of the molecule is COc1ccc(C(NC(=O)CSc2n[nH]c(C3CC3)n2)C(C)C)cc1. The largest absolute Gasteiger partial charge is 0.497 e. The van der Waals surface area contributed by atoms with Gasteiger partial charge in [-0.25, -0.2) is 4.98 Å². The molecule has 1 aliphatic rings. The number of nitrogens with zero attached hydrogens (tertiary/aromatic N) is 2. The summed E-state index contributed by atoms with van der Waals surface area (Å²) in [6, 6.07) is 7.78. The third-order valence-electron chi connectivity index (χ3n) is 4.24. The molecule has 1 fully saturated rings. The molecule has 0 saturated heterocycles. The third-order valence-corrected chi connectivity index (χ3v) is 5.08. The number of hydrogen-bond acceptors (Lipinski definition) is 5. The average Bonchev–Trinajstić information content (AvgIpc) is 3.36. The van der Waals surface area contributed by atoms with Gasteiger partial charge >= 0.3 is 0 Å². The van der Waals surface area contributed by atoms with Crippen LogP contribution in [0.5, 0.6) is 5.75 Å². The second kappa shape index (κ2) is 7.91. The van der Waals surface area contributed by atoms with Gasteiger partial charge in [0.25, 0.3) is 0 Å². The van der Waals surface area contributed by atoms with Crippen molar-refractivity contribution in [2.75, 3.05) is 12.9 Å². The zero-order chi connectivity index (χ0) is 17.8. The minimum atomic E-state index is -0.0341. The molecule has 1 saturated carbocycles. The second-order valence-electron chi connectivity index (χ2n) is 6.63. The van der Waals surface area contributed by atoms with Gasteiger partial charge in [-0.15, -0.1) is 5.10 Å². The molecule has 25 heavy (non-hydrogen) atoms. The fraction of sp³-hybridized carbons (Fsp3) is 0.500. The van der Waals surface area contributed by atoms with Crippen LogP contribution >= 0.6 is 11.8 Å². The van der Waals surface area contributed by atoms with E-state index >= 15 is 0 Å². The number of rotatable bonds is 8. The molecule has 7 heteroatoms. The Morgan fingerprint density at radius 1 is 1.36 bits per heavy atom. The Morgan fingerprint density at radius 2 is 2.08 bits per heavy atom. The molecule has 1 heterocycles. The van der Waals surface area contributed by atoms with Crippen molar-refractivity contribution in [1.82, 2.24) is 20.5 Å². The van der Waals surface area contributed by atoms with Crippen LogP contribution < -0.4 is 10.1 Å². The summed E-state index contributed by atoms with van der Waals surface area (Å²) in [5, 5.41) is 10.9. The minimum absolute atomic E-state index is 0.0164. The normalized spacial score (nSPS) is 15.2. The van der Waals surface area contributed by atoms with E-state index in [9.17, 15) is 4.79 Å². The molecular formula is C18H24N4O2S. The standard InChI is InChI=1S/C18H24N4O2S/c1-11(2)16(12-6-8-14(24-3)9-7-12)19-15(23)10-25-18-20-17(21-22-18)13-4-5-13/h6-9,11,13,16H,4-5,10H2,1-3H3,(H,19,23)(H,20,21,22). The number of nitrogens with one attached hydrogen (secondary N) is 2. The highest BCUT2D eigenvalue weighted by Gasteiger charge is 2.27. The Balaban J connectivity index is 1.55. The topological polar surface area (TPSA) is 79.9 Å². The van der Waals surface area contributed by atoms with E-state index in [0.29, 0.717) is 16.8 Å². The van der Waals surface area contributed by atoms with E-state index in [0.717, 1.165) is 17.1 Å². The number of ether oxygens (including phenoxy) is 1. The molecule has 1 unspecified atom stereocenters. The molecule has 0 spiro atoms. The number of thioether (sulfide) groups is 1. The summed E-state index contributed by atoms with van der Waals surface area (Å²) in [5.74, 6) is 2.87. The number of amides is 1. The van der Waals surface area contributed by atoms with E-state index in [1.165, 1.54) is 24.6 Å². The number of aromatic amines is 1. The predicted octanol–water partition coefficient (Wildman–Crippen LogP) is 3.30. The summed E-state index contributed by atoms with van der Waals surface area (Å²) in [6.45, 7) is 4.19. The number of hydrogen-bond donors (Lipinski definition) is 2. The summed E-state index contributed by atoms with van der Waals surface area (Å²) in [5.41, 5.74) is 1.07. The van der Waals surface area contributed by atoms with E-state index in [1.54, 1.807) is 7.11 Å². The van der Waals surface area contributed by atoms with Gasteiger partial charge in [0.1, 0.15) is 11.6 Å². The van der Waals surface area contributed by atoms with E-state index in [1.807, 2.05) is 24.3 Å². The van der Waals surface area contributed by atoms with Crippen molar-refractivity contribution in [3.05, 3.63) is 35.7 Å². The van der Waals surface area contributed by atoms with Crippen molar-refractivity contribution in [2.45, 2.75) is 43.8 Å². The van der Waals surface area contributed by atoms with Crippen LogP contribution in [0.25, 0.3) is 0 Å². The highest BCUT2D eigenvalue weighted by Crippen LogP contribution is 2.38. The van der Waals surface area contributed by atoms with Crippen LogP contribution in [0.4, 0.5) is 0 Å². The van der Waals surface area contributed by atoms with Crippen LogP contribution in [0.2, 0.25) is 0 Å². The van der Waals surface area contributed by atoms with Gasteiger partial charge in [-0.05, 0) is 36.5 Å². The Labute approximate surface area is 152 Å². The summed E-state index contributed by atoms with van der Waals surface area (Å²) in [7, 11) is 1.64. The van der Waals surface area contributed by atoms with Crippen molar-refractivity contribution >= 4 is 17.7 Å². The summed E-state index contributed by atoms with van der Waals surface area (Å²) >= 11 is 1.36. The van der Waals surface area contributed by atoms with Gasteiger partial charge in [-0.2, -0.15) is 0 Å². The number of H-pyrrole nitrogens is 1. The maximum Gasteiger partial charge on any atom is 0.230 e. The summed E-state index contributed by atoms with van der Waals surface area (Å²) in [6.07, 6.45) is 2.36. The Hall–Kier alpha value is -2.02. The van der Waals surface area contributed by atoms with Crippen LogP contribution in [-0.2, 0) is 4.79 Å². The zero-order valence-corrected chi connectivity index (χ0v) is 15.6. The van der Waals surface area contributed by atoms with Gasteiger partial charge in [0.05, 0.1) is 18.9 Å². The van der Waals surface area contributed by atoms with E-state index < -0.39 is 0 Å². The van der Waals surface area contributed by atoms with Crippen LogP contribution in [0, 0.1) is 5.92 Å². The van der Waals surface area contributed by atoms with Gasteiger partial charge in [0, 0.05) is 5.92 Å². The number of methoxy groups -OCH3 is 1. The monoisotopic (exact) mass is 360 g/mol. The molecule has 3 rings (SSSR count). The van der Waals surface area contributed by atoms with Crippen molar-refractivity contribution in [3.63, 3.8) is 0 Å². The Bertz CT molecular complexity index is 710. The summed E-state index contributed by atoms with van der Waals surface area (Å²) < 4.78 is 5.19. The average molecular weight is 360 g/mol. The first kappa shape index (κ1) is 17.8. The lowest BCUT2D eigenvalue weighted by atomic mass is 9.96. The maximum absolute atomic E-state index is 12.4. The van der Waals surface area contributed by atoms with Crippen molar-refractivity contribution < 1.29 is 9.53 Å². The molecule has 0 aliphatic heterocycles. The van der Waals surface area contributed by atoms with Gasteiger partial charge in [0.2, 0.25) is 11.1 Å². The molecule has 2 N–H and O–H groups in total.